The molecule has 0 fully saturated rings. The number of hydrogen-bond donors (Lipinski definition) is 0. The Morgan fingerprint density at radius 1 is 0.667 bits per heavy atom. The number of nitrogens with zero attached hydrogens (tertiary/aromatic N) is 2. The standard InChI is InChI=1S/C12H14N2.HI/c1-13-7-3-11(4-8-13)12-5-9-14(2)10-6-12;/h3-10H,1-2H3;1H/q+2;/p-1. The Morgan fingerprint density at radius 2 is 0.933 bits per heavy atom. The van der Waals surface area contributed by atoms with E-state index < -0.39 is 0 Å². The predicted molar refractivity (Wildman–Crippen MR) is 54.2 cm³/mol. The summed E-state index contributed by atoms with van der Waals surface area (Å²) >= 11 is 0. The molecule has 2 nitrogen and oxygen atoms in total. The summed E-state index contributed by atoms with van der Waals surface area (Å²) in [5.41, 5.74) is 2.51. The minimum atomic E-state index is 0. The van der Waals surface area contributed by atoms with Gasteiger partial charge in [-0.25, -0.2) is 9.13 Å². The molecule has 0 N–H and O–H groups in total. The summed E-state index contributed by atoms with van der Waals surface area (Å²) in [6.45, 7) is 0. The molecule has 0 aliphatic carbocycles. The zero-order valence-electron chi connectivity index (χ0n) is 8.89. The van der Waals surface area contributed by atoms with Gasteiger partial charge in [-0.15, -0.1) is 0 Å². The fourth-order valence-electron chi connectivity index (χ4n) is 1.39. The largest absolute Gasteiger partial charge is 1.00 e. The molecule has 0 saturated carbocycles. The van der Waals surface area contributed by atoms with Crippen LogP contribution in [-0.4, -0.2) is 0 Å². The Bertz CT molecular complexity index is 377. The molecule has 2 rings (SSSR count). The van der Waals surface area contributed by atoms with Gasteiger partial charge in [-0.3, -0.25) is 0 Å². The summed E-state index contributed by atoms with van der Waals surface area (Å²) in [6, 6.07) is 8.48. The summed E-state index contributed by atoms with van der Waals surface area (Å²) in [6.07, 6.45) is 8.23. The van der Waals surface area contributed by atoms with E-state index in [0.29, 0.717) is 0 Å². The van der Waals surface area contributed by atoms with Crippen LogP contribution < -0.4 is 33.1 Å². The maximum atomic E-state index is 2.12. The van der Waals surface area contributed by atoms with E-state index >= 15 is 0 Å². The Labute approximate surface area is 107 Å². The summed E-state index contributed by atoms with van der Waals surface area (Å²) in [7, 11) is 4.05. The quantitative estimate of drug-likeness (QED) is 0.425. The smallest absolute Gasteiger partial charge is 0.169 e. The minimum Gasteiger partial charge on any atom is -1.00 e. The zero-order chi connectivity index (χ0) is 9.97. The highest BCUT2D eigenvalue weighted by Crippen LogP contribution is 2.14. The summed E-state index contributed by atoms with van der Waals surface area (Å²) in [5, 5.41) is 0. The van der Waals surface area contributed by atoms with Gasteiger partial charge in [-0.1, -0.05) is 0 Å². The molecule has 0 aliphatic rings. The molecule has 2 aromatic heterocycles. The maximum Gasteiger partial charge on any atom is 0.169 e. The van der Waals surface area contributed by atoms with E-state index in [0.717, 1.165) is 0 Å². The van der Waals surface area contributed by atoms with Crippen LogP contribution in [0.5, 0.6) is 0 Å². The van der Waals surface area contributed by atoms with Crippen LogP contribution in [0.1, 0.15) is 0 Å². The first-order chi connectivity index (χ1) is 6.75. The molecule has 2 heterocycles. The van der Waals surface area contributed by atoms with Crippen LogP contribution >= 0.6 is 0 Å². The lowest BCUT2D eigenvalue weighted by Gasteiger charge is -1.97. The molecule has 0 aliphatic heterocycles. The molecule has 3 heteroatoms. The normalized spacial score (nSPS) is 9.47. The van der Waals surface area contributed by atoms with Crippen molar-refractivity contribution in [2.24, 2.45) is 14.1 Å². The molecule has 0 atom stereocenters. The average molecular weight is 313 g/mol. The summed E-state index contributed by atoms with van der Waals surface area (Å²) < 4.78 is 4.07. The van der Waals surface area contributed by atoms with E-state index in [-0.39, 0.29) is 24.0 Å². The van der Waals surface area contributed by atoms with Crippen molar-refractivity contribution in [2.75, 3.05) is 0 Å². The van der Waals surface area contributed by atoms with Gasteiger partial charge in [-0.2, -0.15) is 0 Å². The molecule has 0 spiro atoms. The fraction of sp³-hybridized carbons (Fsp3) is 0.167. The molecule has 0 radical (unpaired) electrons. The molecular formula is C12H14IN2+. The van der Waals surface area contributed by atoms with Gasteiger partial charge in [0.25, 0.3) is 0 Å². The predicted octanol–water partition coefficient (Wildman–Crippen LogP) is -1.99. The van der Waals surface area contributed by atoms with Gasteiger partial charge >= 0.3 is 0 Å². The monoisotopic (exact) mass is 313 g/mol. The topological polar surface area (TPSA) is 7.76 Å². The summed E-state index contributed by atoms with van der Waals surface area (Å²) in [4.78, 5) is 0. The van der Waals surface area contributed by atoms with Crippen molar-refractivity contribution in [1.82, 2.24) is 0 Å². The molecule has 0 amide bonds. The molecule has 0 saturated heterocycles. The lowest BCUT2D eigenvalue weighted by atomic mass is 10.1. The Kier molecular flexibility index (Phi) is 4.20. The SMILES string of the molecule is C[n+]1ccc(-c2cc[n+](C)cc2)cc1.[I-]. The maximum absolute atomic E-state index is 2.12. The van der Waals surface area contributed by atoms with Crippen LogP contribution in [-0.2, 0) is 14.1 Å². The molecule has 0 aromatic carbocycles. The average Bonchev–Trinajstić information content (AvgIpc) is 2.21. The first-order valence-electron chi connectivity index (χ1n) is 4.67. The van der Waals surface area contributed by atoms with Gasteiger partial charge < -0.3 is 24.0 Å². The molecule has 2 aromatic rings. The number of hydrogen-bond acceptors (Lipinski definition) is 0. The third kappa shape index (κ3) is 2.99. The second kappa shape index (κ2) is 5.21. The van der Waals surface area contributed by atoms with Gasteiger partial charge in [-0.05, 0) is 11.1 Å². The van der Waals surface area contributed by atoms with Gasteiger partial charge in [0.1, 0.15) is 14.1 Å². The van der Waals surface area contributed by atoms with Crippen molar-refractivity contribution in [2.45, 2.75) is 0 Å². The van der Waals surface area contributed by atoms with Crippen molar-refractivity contribution in [3.63, 3.8) is 0 Å². The van der Waals surface area contributed by atoms with Gasteiger partial charge in [0.15, 0.2) is 24.8 Å². The number of rotatable bonds is 1. The number of aryl methyl sites for hydroxylation is 2. The van der Waals surface area contributed by atoms with Crippen molar-refractivity contribution in [3.05, 3.63) is 49.1 Å². The first-order valence-corrected chi connectivity index (χ1v) is 4.67. The van der Waals surface area contributed by atoms with Crippen molar-refractivity contribution >= 4 is 0 Å². The van der Waals surface area contributed by atoms with Crippen molar-refractivity contribution in [1.29, 1.82) is 0 Å². The zero-order valence-corrected chi connectivity index (χ0v) is 11.0. The fourth-order valence-corrected chi connectivity index (χ4v) is 1.39. The lowest BCUT2D eigenvalue weighted by Crippen LogP contribution is -3.00. The Balaban J connectivity index is 0.00000112. The van der Waals surface area contributed by atoms with Gasteiger partial charge in [0.05, 0.1) is 0 Å². The van der Waals surface area contributed by atoms with Crippen LogP contribution in [0.15, 0.2) is 49.1 Å². The van der Waals surface area contributed by atoms with E-state index in [1.807, 2.05) is 23.2 Å². The summed E-state index contributed by atoms with van der Waals surface area (Å²) in [5.74, 6) is 0. The number of aromatic nitrogens is 2. The highest BCUT2D eigenvalue weighted by atomic mass is 127. The van der Waals surface area contributed by atoms with Gasteiger partial charge in [0, 0.05) is 24.3 Å². The first kappa shape index (κ1) is 12.1. The van der Waals surface area contributed by atoms with E-state index in [1.54, 1.807) is 0 Å². The Hall–Kier alpha value is -0.970. The van der Waals surface area contributed by atoms with E-state index in [1.165, 1.54) is 11.1 Å². The second-order valence-corrected chi connectivity index (χ2v) is 3.50. The highest BCUT2D eigenvalue weighted by Gasteiger charge is 2.00. The number of halogens is 1. The molecule has 15 heavy (non-hydrogen) atoms. The van der Waals surface area contributed by atoms with Gasteiger partial charge in [0.2, 0.25) is 0 Å². The Morgan fingerprint density at radius 3 is 1.20 bits per heavy atom. The van der Waals surface area contributed by atoms with Crippen LogP contribution in [0.4, 0.5) is 0 Å². The van der Waals surface area contributed by atoms with Crippen LogP contribution in [0, 0.1) is 0 Å². The molecule has 0 unspecified atom stereocenters. The van der Waals surface area contributed by atoms with E-state index in [2.05, 4.69) is 49.1 Å². The minimum absolute atomic E-state index is 0. The highest BCUT2D eigenvalue weighted by molar-refractivity contribution is 5.60. The van der Waals surface area contributed by atoms with E-state index in [9.17, 15) is 0 Å². The third-order valence-electron chi connectivity index (χ3n) is 2.29. The van der Waals surface area contributed by atoms with E-state index in [4.69, 9.17) is 0 Å². The molecule has 78 valence electrons. The van der Waals surface area contributed by atoms with Crippen molar-refractivity contribution in [3.8, 4) is 11.1 Å². The second-order valence-electron chi connectivity index (χ2n) is 3.50. The number of pyridine rings is 2. The molecular weight excluding hydrogens is 299 g/mol. The van der Waals surface area contributed by atoms with Crippen LogP contribution in [0.2, 0.25) is 0 Å². The molecule has 0 bridgehead atoms. The lowest BCUT2D eigenvalue weighted by molar-refractivity contribution is -0.671. The third-order valence-corrected chi connectivity index (χ3v) is 2.29. The van der Waals surface area contributed by atoms with Crippen LogP contribution in [0.3, 0.4) is 0 Å². The van der Waals surface area contributed by atoms with Crippen LogP contribution in [0.25, 0.3) is 11.1 Å². The van der Waals surface area contributed by atoms with Crippen molar-refractivity contribution < 1.29 is 33.1 Å².